The van der Waals surface area contributed by atoms with Gasteiger partial charge < -0.3 is 5.32 Å². The van der Waals surface area contributed by atoms with Gasteiger partial charge in [0.25, 0.3) is 5.91 Å². The first-order chi connectivity index (χ1) is 12.2. The lowest BCUT2D eigenvalue weighted by molar-refractivity contribution is 0.0907. The lowest BCUT2D eigenvalue weighted by atomic mass is 10.0. The number of H-pyrrole nitrogens is 1. The van der Waals surface area contributed by atoms with Crippen LogP contribution in [-0.4, -0.2) is 45.1 Å². The summed E-state index contributed by atoms with van der Waals surface area (Å²) in [7, 11) is 0. The number of aromatic amines is 1. The first-order valence-corrected chi connectivity index (χ1v) is 9.17. The average Bonchev–Trinajstić information content (AvgIpc) is 3.39. The highest BCUT2D eigenvalue weighted by Gasteiger charge is 2.32. The minimum Gasteiger partial charge on any atom is -0.349 e. The number of amides is 1. The van der Waals surface area contributed by atoms with Gasteiger partial charge in [-0.3, -0.25) is 19.8 Å². The summed E-state index contributed by atoms with van der Waals surface area (Å²) in [5.41, 5.74) is 3.92. The molecule has 1 aliphatic heterocycles. The van der Waals surface area contributed by atoms with E-state index in [9.17, 15) is 4.79 Å². The van der Waals surface area contributed by atoms with Crippen molar-refractivity contribution in [3.8, 4) is 0 Å². The molecular weight excluding hydrogens is 314 g/mol. The van der Waals surface area contributed by atoms with Crippen molar-refractivity contribution in [3.05, 3.63) is 47.0 Å². The molecule has 2 aliphatic rings. The van der Waals surface area contributed by atoms with Gasteiger partial charge in [-0.2, -0.15) is 5.10 Å². The fraction of sp³-hybridized carbons (Fsp3) is 0.526. The van der Waals surface area contributed by atoms with Crippen LogP contribution in [0.2, 0.25) is 0 Å². The van der Waals surface area contributed by atoms with E-state index in [0.29, 0.717) is 5.92 Å². The molecule has 25 heavy (non-hydrogen) atoms. The Morgan fingerprint density at radius 1 is 1.24 bits per heavy atom. The van der Waals surface area contributed by atoms with Crippen LogP contribution in [0.15, 0.2) is 24.5 Å². The van der Waals surface area contributed by atoms with Crippen LogP contribution in [0.3, 0.4) is 0 Å². The van der Waals surface area contributed by atoms with Gasteiger partial charge in [0.1, 0.15) is 0 Å². The minimum absolute atomic E-state index is 0.0423. The van der Waals surface area contributed by atoms with Gasteiger partial charge in [-0.25, -0.2) is 0 Å². The number of aromatic nitrogens is 3. The molecule has 2 fully saturated rings. The molecule has 2 aromatic heterocycles. The number of nitrogens with zero attached hydrogens (tertiary/aromatic N) is 3. The molecule has 0 radical (unpaired) electrons. The van der Waals surface area contributed by atoms with Crippen LogP contribution >= 0.6 is 0 Å². The van der Waals surface area contributed by atoms with E-state index < -0.39 is 0 Å². The van der Waals surface area contributed by atoms with E-state index in [4.69, 9.17) is 0 Å². The maximum atomic E-state index is 12.7. The third-order valence-corrected chi connectivity index (χ3v) is 5.24. The van der Waals surface area contributed by atoms with Crippen molar-refractivity contribution >= 4 is 5.91 Å². The van der Waals surface area contributed by atoms with E-state index >= 15 is 0 Å². The number of rotatable bonds is 5. The van der Waals surface area contributed by atoms with Gasteiger partial charge >= 0.3 is 0 Å². The van der Waals surface area contributed by atoms with Gasteiger partial charge in [-0.15, -0.1) is 0 Å². The lowest BCUT2D eigenvalue weighted by Gasteiger charge is -2.32. The van der Waals surface area contributed by atoms with E-state index in [-0.39, 0.29) is 11.9 Å². The molecule has 1 saturated heterocycles. The molecule has 2 N–H and O–H groups in total. The molecule has 0 atom stereocenters. The van der Waals surface area contributed by atoms with Crippen LogP contribution in [0, 0.1) is 6.92 Å². The van der Waals surface area contributed by atoms with Gasteiger partial charge in [-0.05, 0) is 50.3 Å². The SMILES string of the molecule is Cc1[nH]nc(C2CC2)c1C(=O)NC1CCN(Cc2ccncc2)CC1. The zero-order valence-electron chi connectivity index (χ0n) is 14.7. The van der Waals surface area contributed by atoms with Crippen molar-refractivity contribution in [3.63, 3.8) is 0 Å². The minimum atomic E-state index is 0.0423. The molecule has 1 aliphatic carbocycles. The number of carbonyl (C=O) groups excluding carboxylic acids is 1. The number of carbonyl (C=O) groups is 1. The fourth-order valence-corrected chi connectivity index (χ4v) is 3.63. The molecule has 1 saturated carbocycles. The van der Waals surface area contributed by atoms with Crippen molar-refractivity contribution in [2.75, 3.05) is 13.1 Å². The second kappa shape index (κ2) is 6.96. The Kier molecular flexibility index (Phi) is 4.53. The summed E-state index contributed by atoms with van der Waals surface area (Å²) in [6, 6.07) is 4.38. The van der Waals surface area contributed by atoms with E-state index in [1.54, 1.807) is 0 Å². The van der Waals surface area contributed by atoms with E-state index in [0.717, 1.165) is 62.3 Å². The molecule has 2 aromatic rings. The van der Waals surface area contributed by atoms with E-state index in [1.165, 1.54) is 5.56 Å². The normalized spacial score (nSPS) is 19.1. The van der Waals surface area contributed by atoms with Crippen molar-refractivity contribution in [2.24, 2.45) is 0 Å². The number of nitrogens with one attached hydrogen (secondary N) is 2. The second-order valence-corrected chi connectivity index (χ2v) is 7.26. The Hall–Kier alpha value is -2.21. The van der Waals surface area contributed by atoms with Crippen molar-refractivity contribution in [1.29, 1.82) is 0 Å². The first kappa shape index (κ1) is 16.3. The van der Waals surface area contributed by atoms with Gasteiger partial charge in [0, 0.05) is 49.7 Å². The summed E-state index contributed by atoms with van der Waals surface area (Å²) >= 11 is 0. The highest BCUT2D eigenvalue weighted by atomic mass is 16.1. The molecule has 0 spiro atoms. The van der Waals surface area contributed by atoms with Crippen molar-refractivity contribution < 1.29 is 4.79 Å². The Bertz CT molecular complexity index is 730. The highest BCUT2D eigenvalue weighted by molar-refractivity contribution is 5.96. The van der Waals surface area contributed by atoms with Crippen LogP contribution < -0.4 is 5.32 Å². The third-order valence-electron chi connectivity index (χ3n) is 5.24. The maximum Gasteiger partial charge on any atom is 0.255 e. The molecule has 0 unspecified atom stereocenters. The number of hydrogen-bond donors (Lipinski definition) is 2. The Morgan fingerprint density at radius 3 is 2.64 bits per heavy atom. The van der Waals surface area contributed by atoms with Crippen molar-refractivity contribution in [2.45, 2.75) is 51.1 Å². The quantitative estimate of drug-likeness (QED) is 0.877. The molecule has 3 heterocycles. The Balaban J connectivity index is 1.31. The largest absolute Gasteiger partial charge is 0.349 e. The van der Waals surface area contributed by atoms with Gasteiger partial charge in [0.05, 0.1) is 11.3 Å². The Morgan fingerprint density at radius 2 is 1.96 bits per heavy atom. The summed E-state index contributed by atoms with van der Waals surface area (Å²) in [4.78, 5) is 19.2. The summed E-state index contributed by atoms with van der Waals surface area (Å²) in [6.07, 6.45) is 7.97. The zero-order chi connectivity index (χ0) is 17.2. The number of likely N-dealkylation sites (tertiary alicyclic amines) is 1. The molecule has 1 amide bonds. The molecule has 6 heteroatoms. The van der Waals surface area contributed by atoms with Crippen LogP contribution in [0.1, 0.15) is 58.9 Å². The molecular formula is C19H25N5O. The maximum absolute atomic E-state index is 12.7. The summed E-state index contributed by atoms with van der Waals surface area (Å²) in [6.45, 7) is 4.90. The summed E-state index contributed by atoms with van der Waals surface area (Å²) in [5, 5.41) is 10.6. The second-order valence-electron chi connectivity index (χ2n) is 7.26. The number of piperidine rings is 1. The van der Waals surface area contributed by atoms with Crippen LogP contribution in [0.25, 0.3) is 0 Å². The van der Waals surface area contributed by atoms with E-state index in [1.807, 2.05) is 19.3 Å². The van der Waals surface area contributed by atoms with Crippen molar-refractivity contribution in [1.82, 2.24) is 25.4 Å². The molecule has 132 valence electrons. The zero-order valence-corrected chi connectivity index (χ0v) is 14.7. The predicted molar refractivity (Wildman–Crippen MR) is 95.3 cm³/mol. The Labute approximate surface area is 148 Å². The third kappa shape index (κ3) is 3.74. The molecule has 6 nitrogen and oxygen atoms in total. The van der Waals surface area contributed by atoms with Gasteiger partial charge in [-0.1, -0.05) is 0 Å². The van der Waals surface area contributed by atoms with E-state index in [2.05, 4.69) is 37.5 Å². The summed E-state index contributed by atoms with van der Waals surface area (Å²) < 4.78 is 0. The lowest BCUT2D eigenvalue weighted by Crippen LogP contribution is -2.44. The highest BCUT2D eigenvalue weighted by Crippen LogP contribution is 2.41. The monoisotopic (exact) mass is 339 g/mol. The number of hydrogen-bond acceptors (Lipinski definition) is 4. The number of pyridine rings is 1. The average molecular weight is 339 g/mol. The standard InChI is InChI=1S/C19H25N5O/c1-13-17(18(23-22-13)15-2-3-15)19(25)21-16-6-10-24(11-7-16)12-14-4-8-20-9-5-14/h4-5,8-9,15-16H,2-3,6-7,10-12H2,1H3,(H,21,25)(H,22,23). The van der Waals surface area contributed by atoms with Gasteiger partial charge in [0.2, 0.25) is 0 Å². The molecule has 0 bridgehead atoms. The molecule has 0 aromatic carbocycles. The summed E-state index contributed by atoms with van der Waals surface area (Å²) in [5.74, 6) is 0.522. The van der Waals surface area contributed by atoms with Gasteiger partial charge in [0.15, 0.2) is 0 Å². The predicted octanol–water partition coefficient (Wildman–Crippen LogP) is 2.38. The first-order valence-electron chi connectivity index (χ1n) is 9.17. The number of aryl methyl sites for hydroxylation is 1. The fourth-order valence-electron chi connectivity index (χ4n) is 3.63. The van der Waals surface area contributed by atoms with Crippen LogP contribution in [0.4, 0.5) is 0 Å². The topological polar surface area (TPSA) is 73.9 Å². The molecule has 4 rings (SSSR count). The van der Waals surface area contributed by atoms with Crippen LogP contribution in [-0.2, 0) is 6.54 Å². The van der Waals surface area contributed by atoms with Crippen LogP contribution in [0.5, 0.6) is 0 Å². The smallest absolute Gasteiger partial charge is 0.255 e.